The fourth-order valence-electron chi connectivity index (χ4n) is 1.63. The Kier molecular flexibility index (Phi) is 3.97. The number of ketones is 1. The normalized spacial score (nSPS) is 10.0. The Morgan fingerprint density at radius 1 is 1.26 bits per heavy atom. The number of carbonyl (C=O) groups excluding carboxylic acids is 2. The lowest BCUT2D eigenvalue weighted by atomic mass is 10.1. The molecule has 0 spiro atoms. The fraction of sp³-hybridized carbons (Fsp3) is 0.143. The zero-order valence-corrected chi connectivity index (χ0v) is 11.4. The molecule has 98 valence electrons. The highest BCUT2D eigenvalue weighted by atomic mass is 32.1. The van der Waals surface area contributed by atoms with Crippen LogP contribution in [0.5, 0.6) is 5.75 Å². The van der Waals surface area contributed by atoms with Crippen LogP contribution in [-0.4, -0.2) is 18.8 Å². The summed E-state index contributed by atoms with van der Waals surface area (Å²) in [4.78, 5) is 23.9. The van der Waals surface area contributed by atoms with Gasteiger partial charge in [0.05, 0.1) is 7.11 Å². The molecule has 0 saturated heterocycles. The van der Waals surface area contributed by atoms with E-state index in [2.05, 4.69) is 5.32 Å². The number of hydrogen-bond donors (Lipinski definition) is 1. The van der Waals surface area contributed by atoms with Crippen LogP contribution in [0.4, 0.5) is 5.69 Å². The van der Waals surface area contributed by atoms with Gasteiger partial charge in [-0.05, 0) is 30.5 Å². The van der Waals surface area contributed by atoms with Crippen molar-refractivity contribution in [2.24, 2.45) is 0 Å². The average Bonchev–Trinajstić information content (AvgIpc) is 2.87. The van der Waals surface area contributed by atoms with Gasteiger partial charge in [0, 0.05) is 11.3 Å². The third-order valence-electron chi connectivity index (χ3n) is 2.58. The number of thiophene rings is 1. The number of rotatable bonds is 4. The summed E-state index contributed by atoms with van der Waals surface area (Å²) in [5.74, 6) is 0.266. The van der Waals surface area contributed by atoms with E-state index >= 15 is 0 Å². The Labute approximate surface area is 115 Å². The molecule has 0 aliphatic rings. The van der Waals surface area contributed by atoms with E-state index in [1.54, 1.807) is 35.7 Å². The van der Waals surface area contributed by atoms with Crippen LogP contribution in [0.2, 0.25) is 0 Å². The molecule has 2 rings (SSSR count). The zero-order valence-electron chi connectivity index (χ0n) is 10.6. The van der Waals surface area contributed by atoms with Gasteiger partial charge < -0.3 is 10.1 Å². The molecule has 2 aromatic rings. The van der Waals surface area contributed by atoms with E-state index < -0.39 is 0 Å². The number of carbonyl (C=O) groups is 2. The molecule has 0 radical (unpaired) electrons. The first kappa shape index (κ1) is 13.3. The van der Waals surface area contributed by atoms with Crippen molar-refractivity contribution in [2.75, 3.05) is 12.4 Å². The van der Waals surface area contributed by atoms with Crippen LogP contribution < -0.4 is 10.1 Å². The van der Waals surface area contributed by atoms with E-state index in [4.69, 9.17) is 4.74 Å². The molecule has 1 N–H and O–H groups in total. The fourth-order valence-corrected chi connectivity index (χ4v) is 2.38. The Morgan fingerprint density at radius 3 is 2.74 bits per heavy atom. The van der Waals surface area contributed by atoms with Gasteiger partial charge in [0.25, 0.3) is 5.91 Å². The molecule has 0 aliphatic heterocycles. The summed E-state index contributed by atoms with van der Waals surface area (Å²) >= 11 is 1.31. The van der Waals surface area contributed by atoms with Gasteiger partial charge in [0.1, 0.15) is 10.6 Å². The topological polar surface area (TPSA) is 55.4 Å². The van der Waals surface area contributed by atoms with Crippen molar-refractivity contribution in [1.82, 2.24) is 0 Å². The molecule has 1 aromatic carbocycles. The highest BCUT2D eigenvalue weighted by molar-refractivity contribution is 7.12. The monoisotopic (exact) mass is 275 g/mol. The molecule has 1 amide bonds. The minimum absolute atomic E-state index is 0.0372. The van der Waals surface area contributed by atoms with Crippen LogP contribution in [0.3, 0.4) is 0 Å². The summed E-state index contributed by atoms with van der Waals surface area (Å²) in [6.07, 6.45) is 0. The van der Waals surface area contributed by atoms with Crippen molar-refractivity contribution in [3.63, 3.8) is 0 Å². The van der Waals surface area contributed by atoms with Gasteiger partial charge in [-0.15, -0.1) is 11.3 Å². The van der Waals surface area contributed by atoms with Crippen LogP contribution >= 0.6 is 11.3 Å². The van der Waals surface area contributed by atoms with Crippen molar-refractivity contribution >= 4 is 28.7 Å². The van der Waals surface area contributed by atoms with Gasteiger partial charge in [-0.2, -0.15) is 0 Å². The summed E-state index contributed by atoms with van der Waals surface area (Å²) in [5, 5.41) is 4.54. The van der Waals surface area contributed by atoms with Crippen molar-refractivity contribution in [3.05, 3.63) is 46.2 Å². The maximum atomic E-state index is 12.1. The van der Waals surface area contributed by atoms with Crippen LogP contribution in [0.15, 0.2) is 35.7 Å². The number of benzene rings is 1. The van der Waals surface area contributed by atoms with E-state index in [9.17, 15) is 9.59 Å². The molecule has 5 heteroatoms. The van der Waals surface area contributed by atoms with E-state index in [0.717, 1.165) is 0 Å². The minimum atomic E-state index is -0.243. The lowest BCUT2D eigenvalue weighted by Crippen LogP contribution is -2.11. The molecule has 4 nitrogen and oxygen atoms in total. The molecule has 0 fully saturated rings. The van der Waals surface area contributed by atoms with Gasteiger partial charge in [-0.1, -0.05) is 12.1 Å². The van der Waals surface area contributed by atoms with Gasteiger partial charge in [0.15, 0.2) is 5.78 Å². The standard InChI is InChI=1S/C14H13NO3S/c1-9(16)10-4-3-5-11(8-10)15-14(17)13-12(18-2)6-7-19-13/h3-8H,1-2H3,(H,15,17). The predicted octanol–water partition coefficient (Wildman–Crippen LogP) is 3.21. The van der Waals surface area contributed by atoms with Crippen molar-refractivity contribution in [2.45, 2.75) is 6.92 Å². The smallest absolute Gasteiger partial charge is 0.269 e. The number of nitrogens with one attached hydrogen (secondary N) is 1. The Balaban J connectivity index is 2.19. The molecule has 1 heterocycles. The summed E-state index contributed by atoms with van der Waals surface area (Å²) in [5.41, 5.74) is 1.16. The Bertz CT molecular complexity index is 619. The van der Waals surface area contributed by atoms with Crippen molar-refractivity contribution in [1.29, 1.82) is 0 Å². The van der Waals surface area contributed by atoms with E-state index in [1.807, 2.05) is 0 Å². The van der Waals surface area contributed by atoms with Crippen LogP contribution in [0.25, 0.3) is 0 Å². The summed E-state index contributed by atoms with van der Waals surface area (Å²) in [6, 6.07) is 8.58. The maximum absolute atomic E-state index is 12.1. The largest absolute Gasteiger partial charge is 0.495 e. The first-order chi connectivity index (χ1) is 9.11. The van der Waals surface area contributed by atoms with E-state index in [1.165, 1.54) is 25.4 Å². The number of Topliss-reactive ketones (excluding diaryl/α,β-unsaturated/α-hetero) is 1. The molecular formula is C14H13NO3S. The van der Waals surface area contributed by atoms with Gasteiger partial charge >= 0.3 is 0 Å². The molecule has 0 unspecified atom stereocenters. The number of methoxy groups -OCH3 is 1. The summed E-state index contributed by atoms with van der Waals surface area (Å²) in [7, 11) is 1.52. The molecule has 0 aliphatic carbocycles. The lowest BCUT2D eigenvalue weighted by Gasteiger charge is -2.06. The third-order valence-corrected chi connectivity index (χ3v) is 3.48. The second kappa shape index (κ2) is 5.67. The van der Waals surface area contributed by atoms with Crippen LogP contribution in [0, 0.1) is 0 Å². The van der Waals surface area contributed by atoms with Crippen LogP contribution in [0.1, 0.15) is 27.0 Å². The van der Waals surface area contributed by atoms with E-state index in [-0.39, 0.29) is 11.7 Å². The number of ether oxygens (including phenoxy) is 1. The van der Waals surface area contributed by atoms with Gasteiger partial charge in [-0.3, -0.25) is 9.59 Å². The predicted molar refractivity (Wildman–Crippen MR) is 75.3 cm³/mol. The van der Waals surface area contributed by atoms with Gasteiger partial charge in [0.2, 0.25) is 0 Å². The molecule has 0 atom stereocenters. The quantitative estimate of drug-likeness (QED) is 0.872. The highest BCUT2D eigenvalue weighted by Gasteiger charge is 2.14. The second-order valence-electron chi connectivity index (χ2n) is 3.91. The molecule has 0 saturated carbocycles. The molecule has 19 heavy (non-hydrogen) atoms. The number of hydrogen-bond acceptors (Lipinski definition) is 4. The number of amides is 1. The molecular weight excluding hydrogens is 262 g/mol. The maximum Gasteiger partial charge on any atom is 0.269 e. The second-order valence-corrected chi connectivity index (χ2v) is 4.83. The first-order valence-electron chi connectivity index (χ1n) is 5.65. The van der Waals surface area contributed by atoms with Crippen molar-refractivity contribution < 1.29 is 14.3 Å². The highest BCUT2D eigenvalue weighted by Crippen LogP contribution is 2.25. The van der Waals surface area contributed by atoms with Crippen molar-refractivity contribution in [3.8, 4) is 5.75 Å². The minimum Gasteiger partial charge on any atom is -0.495 e. The lowest BCUT2D eigenvalue weighted by molar-refractivity contribution is 0.101. The summed E-state index contributed by atoms with van der Waals surface area (Å²) < 4.78 is 5.10. The Hall–Kier alpha value is -2.14. The molecule has 0 bridgehead atoms. The average molecular weight is 275 g/mol. The van der Waals surface area contributed by atoms with Gasteiger partial charge in [-0.25, -0.2) is 0 Å². The Morgan fingerprint density at radius 2 is 2.05 bits per heavy atom. The SMILES string of the molecule is COc1ccsc1C(=O)Nc1cccc(C(C)=O)c1. The molecule has 1 aromatic heterocycles. The third kappa shape index (κ3) is 3.00. The first-order valence-corrected chi connectivity index (χ1v) is 6.53. The zero-order chi connectivity index (χ0) is 13.8. The number of anilines is 1. The van der Waals surface area contributed by atoms with E-state index in [0.29, 0.717) is 21.9 Å². The van der Waals surface area contributed by atoms with Crippen LogP contribution in [-0.2, 0) is 0 Å². The summed E-state index contributed by atoms with van der Waals surface area (Å²) in [6.45, 7) is 1.49.